The van der Waals surface area contributed by atoms with Gasteiger partial charge in [0.15, 0.2) is 0 Å². The Morgan fingerprint density at radius 2 is 1.88 bits per heavy atom. The molecule has 0 aromatic carbocycles. The zero-order valence-corrected chi connectivity index (χ0v) is 11.1. The molecule has 17 heavy (non-hydrogen) atoms. The molecule has 1 aliphatic heterocycles. The Kier molecular flexibility index (Phi) is 4.83. The first-order valence-corrected chi connectivity index (χ1v) is 7.23. The van der Waals surface area contributed by atoms with Crippen molar-refractivity contribution in [2.45, 2.75) is 63.5 Å². The second kappa shape index (κ2) is 6.17. The van der Waals surface area contributed by atoms with Crippen LogP contribution in [0.4, 0.5) is 0 Å². The molecular formula is C14H27NO2. The monoisotopic (exact) mass is 241 g/mol. The molecule has 2 aliphatic rings. The van der Waals surface area contributed by atoms with Gasteiger partial charge in [-0.2, -0.15) is 0 Å². The van der Waals surface area contributed by atoms with E-state index in [-0.39, 0.29) is 0 Å². The number of hydrogen-bond donors (Lipinski definition) is 2. The van der Waals surface area contributed by atoms with Gasteiger partial charge in [-0.25, -0.2) is 0 Å². The largest absolute Gasteiger partial charge is 0.389 e. The van der Waals surface area contributed by atoms with Crippen LogP contribution in [0, 0.1) is 5.92 Å². The summed E-state index contributed by atoms with van der Waals surface area (Å²) in [6, 6.07) is 0.504. The van der Waals surface area contributed by atoms with Crippen LogP contribution in [-0.4, -0.2) is 36.5 Å². The molecule has 0 aromatic heterocycles. The predicted octanol–water partition coefficient (Wildman–Crippen LogP) is 2.09. The Labute approximate surface area is 105 Å². The SMILES string of the molecule is CC(NCC1(O)CCCCC1)C1CCOCC1. The lowest BCUT2D eigenvalue weighted by Gasteiger charge is -2.35. The summed E-state index contributed by atoms with van der Waals surface area (Å²) < 4.78 is 5.39. The van der Waals surface area contributed by atoms with Crippen LogP contribution in [0.15, 0.2) is 0 Å². The molecule has 1 atom stereocenters. The molecule has 0 radical (unpaired) electrons. The molecule has 1 aliphatic carbocycles. The smallest absolute Gasteiger partial charge is 0.0771 e. The molecule has 2 N–H and O–H groups in total. The van der Waals surface area contributed by atoms with Crippen molar-refractivity contribution in [1.82, 2.24) is 5.32 Å². The van der Waals surface area contributed by atoms with E-state index in [1.807, 2.05) is 0 Å². The van der Waals surface area contributed by atoms with Crippen LogP contribution < -0.4 is 5.32 Å². The molecule has 0 aromatic rings. The minimum absolute atomic E-state index is 0.433. The van der Waals surface area contributed by atoms with Crippen LogP contribution in [0.3, 0.4) is 0 Å². The molecule has 3 heteroatoms. The van der Waals surface area contributed by atoms with Gasteiger partial charge in [-0.1, -0.05) is 19.3 Å². The van der Waals surface area contributed by atoms with Crippen LogP contribution in [0.5, 0.6) is 0 Å². The Bertz CT molecular complexity index is 220. The van der Waals surface area contributed by atoms with Crippen LogP contribution in [0.1, 0.15) is 51.9 Å². The summed E-state index contributed by atoms with van der Waals surface area (Å²) in [6.07, 6.45) is 7.92. The Morgan fingerprint density at radius 3 is 2.53 bits per heavy atom. The summed E-state index contributed by atoms with van der Waals surface area (Å²) in [4.78, 5) is 0. The molecule has 2 rings (SSSR count). The fourth-order valence-corrected chi connectivity index (χ4v) is 3.12. The third kappa shape index (κ3) is 3.94. The first-order valence-electron chi connectivity index (χ1n) is 7.23. The van der Waals surface area contributed by atoms with Gasteiger partial charge in [0, 0.05) is 25.8 Å². The van der Waals surface area contributed by atoms with Gasteiger partial charge in [-0.15, -0.1) is 0 Å². The van der Waals surface area contributed by atoms with Gasteiger partial charge in [0.25, 0.3) is 0 Å². The van der Waals surface area contributed by atoms with Gasteiger partial charge in [-0.05, 0) is 38.5 Å². The molecular weight excluding hydrogens is 214 g/mol. The number of rotatable bonds is 4. The van der Waals surface area contributed by atoms with Gasteiger partial charge < -0.3 is 15.2 Å². The Balaban J connectivity index is 1.72. The van der Waals surface area contributed by atoms with Crippen molar-refractivity contribution in [3.63, 3.8) is 0 Å². The number of aliphatic hydroxyl groups is 1. The second-order valence-corrected chi connectivity index (χ2v) is 5.90. The molecule has 2 fully saturated rings. The average molecular weight is 241 g/mol. The summed E-state index contributed by atoms with van der Waals surface area (Å²) in [5, 5.41) is 14.0. The van der Waals surface area contributed by atoms with Crippen molar-refractivity contribution >= 4 is 0 Å². The topological polar surface area (TPSA) is 41.5 Å². The molecule has 1 heterocycles. The first kappa shape index (κ1) is 13.3. The summed E-state index contributed by atoms with van der Waals surface area (Å²) in [5.41, 5.74) is -0.433. The minimum Gasteiger partial charge on any atom is -0.389 e. The van der Waals surface area contributed by atoms with Crippen molar-refractivity contribution in [2.24, 2.45) is 5.92 Å². The standard InChI is InChI=1S/C14H27NO2/c1-12(13-5-9-17-10-6-13)15-11-14(16)7-3-2-4-8-14/h12-13,15-16H,2-11H2,1H3. The number of hydrogen-bond acceptors (Lipinski definition) is 3. The van der Waals surface area contributed by atoms with Crippen LogP contribution >= 0.6 is 0 Å². The molecule has 0 amide bonds. The minimum atomic E-state index is -0.433. The van der Waals surface area contributed by atoms with Crippen molar-refractivity contribution < 1.29 is 9.84 Å². The Hall–Kier alpha value is -0.120. The highest BCUT2D eigenvalue weighted by Crippen LogP contribution is 2.28. The van der Waals surface area contributed by atoms with Gasteiger partial charge in [0.2, 0.25) is 0 Å². The highest BCUT2D eigenvalue weighted by atomic mass is 16.5. The lowest BCUT2D eigenvalue weighted by molar-refractivity contribution is -0.00219. The van der Waals surface area contributed by atoms with Gasteiger partial charge in [0.05, 0.1) is 5.60 Å². The molecule has 100 valence electrons. The lowest BCUT2D eigenvalue weighted by Crippen LogP contribution is -2.47. The number of nitrogens with one attached hydrogen (secondary N) is 1. The van der Waals surface area contributed by atoms with Gasteiger partial charge >= 0.3 is 0 Å². The van der Waals surface area contributed by atoms with Gasteiger partial charge in [0.1, 0.15) is 0 Å². The molecule has 1 saturated carbocycles. The zero-order valence-electron chi connectivity index (χ0n) is 11.1. The molecule has 0 bridgehead atoms. The van der Waals surface area contributed by atoms with E-state index < -0.39 is 5.60 Å². The number of ether oxygens (including phenoxy) is 1. The quantitative estimate of drug-likeness (QED) is 0.792. The molecule has 1 saturated heterocycles. The van der Waals surface area contributed by atoms with E-state index in [1.54, 1.807) is 0 Å². The van der Waals surface area contributed by atoms with E-state index in [0.717, 1.165) is 51.4 Å². The molecule has 1 unspecified atom stereocenters. The van der Waals surface area contributed by atoms with Crippen LogP contribution in [0.25, 0.3) is 0 Å². The predicted molar refractivity (Wildman–Crippen MR) is 69.0 cm³/mol. The highest BCUT2D eigenvalue weighted by Gasteiger charge is 2.30. The maximum absolute atomic E-state index is 10.4. The maximum Gasteiger partial charge on any atom is 0.0771 e. The second-order valence-electron chi connectivity index (χ2n) is 5.90. The average Bonchev–Trinajstić information content (AvgIpc) is 2.38. The van der Waals surface area contributed by atoms with Crippen molar-refractivity contribution in [3.8, 4) is 0 Å². The Morgan fingerprint density at radius 1 is 1.24 bits per heavy atom. The van der Waals surface area contributed by atoms with Crippen molar-refractivity contribution in [3.05, 3.63) is 0 Å². The van der Waals surface area contributed by atoms with E-state index in [4.69, 9.17) is 4.74 Å². The van der Waals surface area contributed by atoms with Crippen molar-refractivity contribution in [2.75, 3.05) is 19.8 Å². The van der Waals surface area contributed by atoms with Gasteiger partial charge in [-0.3, -0.25) is 0 Å². The maximum atomic E-state index is 10.4. The first-order chi connectivity index (χ1) is 8.20. The van der Waals surface area contributed by atoms with E-state index in [1.165, 1.54) is 19.3 Å². The fraction of sp³-hybridized carbons (Fsp3) is 1.00. The zero-order chi connectivity index (χ0) is 12.1. The third-order valence-corrected chi connectivity index (χ3v) is 4.51. The molecule has 0 spiro atoms. The lowest BCUT2D eigenvalue weighted by atomic mass is 9.84. The fourth-order valence-electron chi connectivity index (χ4n) is 3.12. The highest BCUT2D eigenvalue weighted by molar-refractivity contribution is 4.86. The third-order valence-electron chi connectivity index (χ3n) is 4.51. The van der Waals surface area contributed by atoms with Crippen molar-refractivity contribution in [1.29, 1.82) is 0 Å². The molecule has 3 nitrogen and oxygen atoms in total. The van der Waals surface area contributed by atoms with E-state index in [0.29, 0.717) is 6.04 Å². The summed E-state index contributed by atoms with van der Waals surface area (Å²) in [7, 11) is 0. The summed E-state index contributed by atoms with van der Waals surface area (Å²) in [6.45, 7) is 4.83. The summed E-state index contributed by atoms with van der Waals surface area (Å²) in [5.74, 6) is 0.718. The normalized spacial score (nSPS) is 27.9. The van der Waals surface area contributed by atoms with Crippen LogP contribution in [-0.2, 0) is 4.74 Å². The van der Waals surface area contributed by atoms with E-state index in [9.17, 15) is 5.11 Å². The van der Waals surface area contributed by atoms with E-state index in [2.05, 4.69) is 12.2 Å². The van der Waals surface area contributed by atoms with Crippen LogP contribution in [0.2, 0.25) is 0 Å². The van der Waals surface area contributed by atoms with E-state index >= 15 is 0 Å². The summed E-state index contributed by atoms with van der Waals surface area (Å²) >= 11 is 0.